The zero-order valence-corrected chi connectivity index (χ0v) is 14.1. The number of likely N-dealkylation sites (N-methyl/N-ethyl adjacent to an activating group) is 1. The van der Waals surface area contributed by atoms with Crippen LogP contribution in [0.25, 0.3) is 0 Å². The first kappa shape index (κ1) is 15.7. The van der Waals surface area contributed by atoms with Crippen LogP contribution in [0, 0.1) is 6.92 Å². The Morgan fingerprint density at radius 2 is 2.00 bits per heavy atom. The molecular formula is C15H20BrN5. The Bertz CT molecular complexity index is 600. The normalized spacial score (nSPS) is 10.7. The van der Waals surface area contributed by atoms with Crippen LogP contribution in [-0.2, 0) is 0 Å². The number of nitrogens with zero attached hydrogens (tertiary/aromatic N) is 3. The molecule has 2 aromatic rings. The molecule has 0 aliphatic heterocycles. The average molecular weight is 350 g/mol. The zero-order valence-electron chi connectivity index (χ0n) is 12.5. The molecule has 6 heteroatoms. The van der Waals surface area contributed by atoms with Gasteiger partial charge in [0, 0.05) is 35.0 Å². The van der Waals surface area contributed by atoms with Crippen molar-refractivity contribution >= 4 is 33.4 Å². The van der Waals surface area contributed by atoms with Gasteiger partial charge in [-0.25, -0.2) is 4.98 Å². The highest BCUT2D eigenvalue weighted by Gasteiger charge is 2.03. The first-order chi connectivity index (χ1) is 10.0. The number of rotatable bonds is 6. The predicted octanol–water partition coefficient (Wildman–Crippen LogP) is 3.26. The molecule has 0 fully saturated rings. The van der Waals surface area contributed by atoms with E-state index in [9.17, 15) is 0 Å². The third kappa shape index (κ3) is 5.32. The monoisotopic (exact) mass is 349 g/mol. The smallest absolute Gasteiger partial charge is 0.229 e. The minimum atomic E-state index is 0.598. The number of halogens is 1. The van der Waals surface area contributed by atoms with Crippen LogP contribution in [0.3, 0.4) is 0 Å². The van der Waals surface area contributed by atoms with Crippen LogP contribution in [-0.4, -0.2) is 42.1 Å². The molecule has 0 amide bonds. The van der Waals surface area contributed by atoms with Gasteiger partial charge in [0.1, 0.15) is 5.82 Å². The van der Waals surface area contributed by atoms with Gasteiger partial charge in [-0.15, -0.1) is 0 Å². The molecule has 112 valence electrons. The van der Waals surface area contributed by atoms with Gasteiger partial charge < -0.3 is 15.5 Å². The van der Waals surface area contributed by atoms with Crippen LogP contribution in [0.5, 0.6) is 0 Å². The second kappa shape index (κ2) is 7.38. The summed E-state index contributed by atoms with van der Waals surface area (Å²) in [6.45, 7) is 3.77. The van der Waals surface area contributed by atoms with Gasteiger partial charge in [0.05, 0.1) is 0 Å². The number of hydrogen-bond donors (Lipinski definition) is 2. The molecule has 0 atom stereocenters. The Hall–Kier alpha value is -1.66. The van der Waals surface area contributed by atoms with E-state index < -0.39 is 0 Å². The Morgan fingerprint density at radius 3 is 2.71 bits per heavy atom. The van der Waals surface area contributed by atoms with Crippen molar-refractivity contribution in [2.24, 2.45) is 0 Å². The number of hydrogen-bond acceptors (Lipinski definition) is 5. The van der Waals surface area contributed by atoms with Gasteiger partial charge in [0.15, 0.2) is 0 Å². The Labute approximate surface area is 133 Å². The van der Waals surface area contributed by atoms with E-state index in [1.54, 1.807) is 0 Å². The van der Waals surface area contributed by atoms with Crippen LogP contribution >= 0.6 is 15.9 Å². The minimum absolute atomic E-state index is 0.598. The fourth-order valence-electron chi connectivity index (χ4n) is 1.82. The van der Waals surface area contributed by atoms with Crippen molar-refractivity contribution in [3.63, 3.8) is 0 Å². The van der Waals surface area contributed by atoms with Crippen LogP contribution < -0.4 is 10.6 Å². The van der Waals surface area contributed by atoms with Crippen LogP contribution in [0.1, 0.15) is 5.69 Å². The second-order valence-electron chi connectivity index (χ2n) is 5.08. The Morgan fingerprint density at radius 1 is 1.19 bits per heavy atom. The number of nitrogens with one attached hydrogen (secondary N) is 2. The quantitative estimate of drug-likeness (QED) is 0.838. The van der Waals surface area contributed by atoms with Crippen molar-refractivity contribution in [2.45, 2.75) is 6.92 Å². The van der Waals surface area contributed by atoms with E-state index in [0.717, 1.165) is 34.8 Å². The molecule has 2 rings (SSSR count). The molecule has 0 bridgehead atoms. The lowest BCUT2D eigenvalue weighted by atomic mass is 10.3. The maximum atomic E-state index is 4.49. The van der Waals surface area contributed by atoms with Gasteiger partial charge in [0.25, 0.3) is 0 Å². The van der Waals surface area contributed by atoms with Crippen molar-refractivity contribution in [1.29, 1.82) is 0 Å². The molecule has 0 unspecified atom stereocenters. The summed E-state index contributed by atoms with van der Waals surface area (Å²) in [5.41, 5.74) is 1.88. The number of aryl methyl sites for hydroxylation is 1. The SMILES string of the molecule is Cc1cc(NCCN(C)C)nc(Nc2cccc(Br)c2)n1. The van der Waals surface area contributed by atoms with Gasteiger partial charge in [-0.2, -0.15) is 4.98 Å². The maximum Gasteiger partial charge on any atom is 0.229 e. The molecule has 0 radical (unpaired) electrons. The lowest BCUT2D eigenvalue weighted by molar-refractivity contribution is 0.425. The van der Waals surface area contributed by atoms with Gasteiger partial charge in [-0.3, -0.25) is 0 Å². The van der Waals surface area contributed by atoms with E-state index in [4.69, 9.17) is 0 Å². The second-order valence-corrected chi connectivity index (χ2v) is 6.00. The Kier molecular flexibility index (Phi) is 5.52. The molecule has 0 aliphatic carbocycles. The maximum absolute atomic E-state index is 4.49. The number of anilines is 3. The number of benzene rings is 1. The summed E-state index contributed by atoms with van der Waals surface area (Å²) in [7, 11) is 4.10. The molecule has 1 aromatic carbocycles. The lowest BCUT2D eigenvalue weighted by Gasteiger charge is -2.12. The molecule has 0 aliphatic rings. The lowest BCUT2D eigenvalue weighted by Crippen LogP contribution is -2.21. The van der Waals surface area contributed by atoms with E-state index in [2.05, 4.69) is 41.4 Å². The van der Waals surface area contributed by atoms with Crippen molar-refractivity contribution < 1.29 is 0 Å². The van der Waals surface area contributed by atoms with Crippen LogP contribution in [0.4, 0.5) is 17.5 Å². The summed E-state index contributed by atoms with van der Waals surface area (Å²) in [6.07, 6.45) is 0. The van der Waals surface area contributed by atoms with Crippen molar-refractivity contribution in [2.75, 3.05) is 37.8 Å². The van der Waals surface area contributed by atoms with E-state index in [-0.39, 0.29) is 0 Å². The van der Waals surface area contributed by atoms with E-state index >= 15 is 0 Å². The van der Waals surface area contributed by atoms with E-state index in [0.29, 0.717) is 5.95 Å². The highest BCUT2D eigenvalue weighted by atomic mass is 79.9. The molecule has 0 saturated carbocycles. The van der Waals surface area contributed by atoms with Gasteiger partial charge in [-0.05, 0) is 39.2 Å². The molecule has 0 saturated heterocycles. The minimum Gasteiger partial charge on any atom is -0.369 e. The van der Waals surface area contributed by atoms with E-state index in [1.165, 1.54) is 0 Å². The molecule has 0 spiro atoms. The summed E-state index contributed by atoms with van der Waals surface area (Å²) >= 11 is 3.45. The third-order valence-electron chi connectivity index (χ3n) is 2.80. The van der Waals surface area contributed by atoms with Crippen LogP contribution in [0.2, 0.25) is 0 Å². The Balaban J connectivity index is 2.07. The van der Waals surface area contributed by atoms with Gasteiger partial charge >= 0.3 is 0 Å². The number of aromatic nitrogens is 2. The summed E-state index contributed by atoms with van der Waals surface area (Å²) in [5.74, 6) is 1.43. The molecule has 1 aromatic heterocycles. The summed E-state index contributed by atoms with van der Waals surface area (Å²) in [5, 5.41) is 6.53. The van der Waals surface area contributed by atoms with Gasteiger partial charge in [-0.1, -0.05) is 22.0 Å². The summed E-state index contributed by atoms with van der Waals surface area (Å²) < 4.78 is 1.02. The highest BCUT2D eigenvalue weighted by Crippen LogP contribution is 2.19. The van der Waals surface area contributed by atoms with Gasteiger partial charge in [0.2, 0.25) is 5.95 Å². The topological polar surface area (TPSA) is 53.1 Å². The summed E-state index contributed by atoms with van der Waals surface area (Å²) in [4.78, 5) is 11.0. The average Bonchev–Trinajstić information content (AvgIpc) is 2.37. The molecule has 2 N–H and O–H groups in total. The van der Waals surface area contributed by atoms with Crippen molar-refractivity contribution in [3.05, 3.63) is 40.5 Å². The molecule has 21 heavy (non-hydrogen) atoms. The first-order valence-corrected chi connectivity index (χ1v) is 7.59. The largest absolute Gasteiger partial charge is 0.369 e. The fourth-order valence-corrected chi connectivity index (χ4v) is 2.22. The highest BCUT2D eigenvalue weighted by molar-refractivity contribution is 9.10. The van der Waals surface area contributed by atoms with Crippen LogP contribution in [0.15, 0.2) is 34.8 Å². The zero-order chi connectivity index (χ0) is 15.2. The third-order valence-corrected chi connectivity index (χ3v) is 3.29. The molecule has 5 nitrogen and oxygen atoms in total. The first-order valence-electron chi connectivity index (χ1n) is 6.80. The summed E-state index contributed by atoms with van der Waals surface area (Å²) in [6, 6.07) is 9.87. The van der Waals surface area contributed by atoms with Crippen molar-refractivity contribution in [3.8, 4) is 0 Å². The standard InChI is InChI=1S/C15H20BrN5/c1-11-9-14(17-7-8-21(2)3)20-15(18-11)19-13-6-4-5-12(16)10-13/h4-6,9-10H,7-8H2,1-3H3,(H2,17,18,19,20). The molecule has 1 heterocycles. The van der Waals surface area contributed by atoms with Crippen molar-refractivity contribution in [1.82, 2.24) is 14.9 Å². The molecular weight excluding hydrogens is 330 g/mol. The fraction of sp³-hybridized carbons (Fsp3) is 0.333. The van der Waals surface area contributed by atoms with E-state index in [1.807, 2.05) is 51.4 Å². The predicted molar refractivity (Wildman–Crippen MR) is 91.2 cm³/mol.